The van der Waals surface area contributed by atoms with E-state index in [1.807, 2.05) is 32.9 Å². The van der Waals surface area contributed by atoms with Gasteiger partial charge < -0.3 is 15.8 Å². The molecule has 5 nitrogen and oxygen atoms in total. The number of nitrogens with zero attached hydrogens (tertiary/aromatic N) is 2. The fraction of sp³-hybridized carbons (Fsp3) is 0.625. The number of nitrogens with two attached hydrogens (primary N) is 1. The second-order valence-corrected chi connectivity index (χ2v) is 6.60. The lowest BCUT2D eigenvalue weighted by Gasteiger charge is -2.25. The molecule has 0 bridgehead atoms. The third-order valence-corrected chi connectivity index (χ3v) is 3.44. The van der Waals surface area contributed by atoms with Gasteiger partial charge in [-0.25, -0.2) is 9.98 Å². The average molecular weight is 418 g/mol. The minimum absolute atomic E-state index is 0. The Morgan fingerprint density at radius 1 is 1.41 bits per heavy atom. The smallest absolute Gasteiger partial charge is 0.213 e. The lowest BCUT2D eigenvalue weighted by molar-refractivity contribution is 0.124. The van der Waals surface area contributed by atoms with Gasteiger partial charge in [-0.3, -0.25) is 0 Å². The van der Waals surface area contributed by atoms with E-state index in [0.717, 1.165) is 18.0 Å². The molecule has 1 aliphatic rings. The fourth-order valence-electron chi connectivity index (χ4n) is 2.06. The Morgan fingerprint density at radius 3 is 2.64 bits per heavy atom. The van der Waals surface area contributed by atoms with Crippen molar-refractivity contribution in [3.8, 4) is 5.88 Å². The lowest BCUT2D eigenvalue weighted by Crippen LogP contribution is -2.37. The molecule has 1 fully saturated rings. The van der Waals surface area contributed by atoms with Gasteiger partial charge in [0, 0.05) is 18.8 Å². The second-order valence-electron chi connectivity index (χ2n) is 6.60. The number of pyridine rings is 1. The third-order valence-electron chi connectivity index (χ3n) is 3.44. The number of guanidine groups is 1. The second kappa shape index (κ2) is 8.55. The Kier molecular flexibility index (Phi) is 7.38. The average Bonchev–Trinajstić information content (AvgIpc) is 2.34. The molecule has 0 spiro atoms. The van der Waals surface area contributed by atoms with Crippen LogP contribution < -0.4 is 15.8 Å². The predicted molar refractivity (Wildman–Crippen MR) is 101 cm³/mol. The maximum atomic E-state index is 5.86. The van der Waals surface area contributed by atoms with E-state index in [-0.39, 0.29) is 29.6 Å². The lowest BCUT2D eigenvalue weighted by atomic mass is 9.85. The summed E-state index contributed by atoms with van der Waals surface area (Å²) in [6.07, 6.45) is 5.74. The first-order valence-corrected chi connectivity index (χ1v) is 7.60. The van der Waals surface area contributed by atoms with Crippen molar-refractivity contribution >= 4 is 29.9 Å². The van der Waals surface area contributed by atoms with Crippen LogP contribution >= 0.6 is 24.0 Å². The molecule has 0 unspecified atom stereocenters. The Hall–Kier alpha value is -1.05. The Labute approximate surface area is 150 Å². The first-order chi connectivity index (χ1) is 9.92. The molecule has 22 heavy (non-hydrogen) atoms. The van der Waals surface area contributed by atoms with Crippen molar-refractivity contribution < 1.29 is 4.74 Å². The van der Waals surface area contributed by atoms with Crippen LogP contribution in [0.4, 0.5) is 0 Å². The van der Waals surface area contributed by atoms with Gasteiger partial charge in [-0.1, -0.05) is 12.5 Å². The van der Waals surface area contributed by atoms with Crippen molar-refractivity contribution in [3.63, 3.8) is 0 Å². The predicted octanol–water partition coefficient (Wildman–Crippen LogP) is 3.08. The molecule has 3 N–H and O–H groups in total. The summed E-state index contributed by atoms with van der Waals surface area (Å²) in [5, 5.41) is 3.18. The molecule has 1 aliphatic carbocycles. The maximum absolute atomic E-state index is 5.86. The molecule has 124 valence electrons. The molecule has 1 saturated carbocycles. The Morgan fingerprint density at radius 2 is 2.14 bits per heavy atom. The van der Waals surface area contributed by atoms with Crippen LogP contribution in [0.25, 0.3) is 0 Å². The van der Waals surface area contributed by atoms with Crippen molar-refractivity contribution in [2.45, 2.75) is 52.2 Å². The highest BCUT2D eigenvalue weighted by Gasteiger charge is 2.16. The molecule has 0 radical (unpaired) electrons. The molecular weight excluding hydrogens is 391 g/mol. The Bertz CT molecular complexity index is 478. The zero-order valence-electron chi connectivity index (χ0n) is 13.6. The van der Waals surface area contributed by atoms with Crippen molar-refractivity contribution in [2.24, 2.45) is 16.6 Å². The summed E-state index contributed by atoms with van der Waals surface area (Å²) in [6, 6.07) is 3.84. The number of aromatic nitrogens is 1. The highest BCUT2D eigenvalue weighted by Crippen LogP contribution is 2.25. The molecule has 6 heteroatoms. The quantitative estimate of drug-likeness (QED) is 0.438. The van der Waals surface area contributed by atoms with Crippen molar-refractivity contribution in [3.05, 3.63) is 23.9 Å². The van der Waals surface area contributed by atoms with Gasteiger partial charge in [-0.15, -0.1) is 24.0 Å². The van der Waals surface area contributed by atoms with Gasteiger partial charge in [0.1, 0.15) is 5.60 Å². The van der Waals surface area contributed by atoms with Gasteiger partial charge >= 0.3 is 0 Å². The van der Waals surface area contributed by atoms with Crippen LogP contribution in [0.1, 0.15) is 45.6 Å². The van der Waals surface area contributed by atoms with E-state index in [9.17, 15) is 0 Å². The molecule has 1 aromatic heterocycles. The number of ether oxygens (including phenoxy) is 1. The van der Waals surface area contributed by atoms with Crippen LogP contribution in [0.2, 0.25) is 0 Å². The van der Waals surface area contributed by atoms with Gasteiger partial charge in [0.15, 0.2) is 5.96 Å². The van der Waals surface area contributed by atoms with E-state index in [1.54, 1.807) is 6.20 Å². The molecule has 2 rings (SSSR count). The molecule has 0 amide bonds. The topological polar surface area (TPSA) is 72.5 Å². The first-order valence-electron chi connectivity index (χ1n) is 7.60. The van der Waals surface area contributed by atoms with Crippen LogP contribution in [0.5, 0.6) is 5.88 Å². The van der Waals surface area contributed by atoms with Gasteiger partial charge in [-0.2, -0.15) is 0 Å². The van der Waals surface area contributed by atoms with Crippen LogP contribution in [0.15, 0.2) is 23.3 Å². The largest absolute Gasteiger partial charge is 0.472 e. The van der Waals surface area contributed by atoms with E-state index in [0.29, 0.717) is 18.4 Å². The molecule has 1 heterocycles. The minimum atomic E-state index is -0.234. The maximum Gasteiger partial charge on any atom is 0.213 e. The van der Waals surface area contributed by atoms with Crippen molar-refractivity contribution in [1.29, 1.82) is 0 Å². The zero-order valence-corrected chi connectivity index (χ0v) is 16.0. The number of rotatable bonds is 5. The normalized spacial score (nSPS) is 15.7. The molecule has 0 atom stereocenters. The van der Waals surface area contributed by atoms with Crippen LogP contribution in [-0.4, -0.2) is 23.1 Å². The highest BCUT2D eigenvalue weighted by atomic mass is 127. The monoisotopic (exact) mass is 418 g/mol. The summed E-state index contributed by atoms with van der Waals surface area (Å²) in [5.41, 5.74) is 6.64. The number of hydrogen-bond donors (Lipinski definition) is 2. The van der Waals surface area contributed by atoms with E-state index in [2.05, 4.69) is 15.3 Å². The zero-order chi connectivity index (χ0) is 15.3. The van der Waals surface area contributed by atoms with Gasteiger partial charge in [0.05, 0.1) is 6.54 Å². The molecular formula is C16H27IN4O. The van der Waals surface area contributed by atoms with Gasteiger partial charge in [0.25, 0.3) is 0 Å². The fourth-order valence-corrected chi connectivity index (χ4v) is 2.06. The molecule has 1 aromatic rings. The van der Waals surface area contributed by atoms with Crippen LogP contribution in [-0.2, 0) is 6.54 Å². The van der Waals surface area contributed by atoms with Gasteiger partial charge in [0.2, 0.25) is 5.88 Å². The van der Waals surface area contributed by atoms with E-state index >= 15 is 0 Å². The summed E-state index contributed by atoms with van der Waals surface area (Å²) < 4.78 is 5.68. The van der Waals surface area contributed by atoms with Crippen LogP contribution in [0.3, 0.4) is 0 Å². The summed E-state index contributed by atoms with van der Waals surface area (Å²) in [7, 11) is 0. The standard InChI is InChI=1S/C16H26N4O.HI/c1-16(2,3)21-14-8-7-13(10-18-14)11-20-15(17)19-9-12-5-4-6-12;/h7-8,10,12H,4-6,9,11H2,1-3H3,(H3,17,19,20);1H. The number of halogens is 1. The summed E-state index contributed by atoms with van der Waals surface area (Å²) in [5.74, 6) is 1.91. The van der Waals surface area contributed by atoms with E-state index < -0.39 is 0 Å². The molecule has 0 aromatic carbocycles. The number of hydrogen-bond acceptors (Lipinski definition) is 3. The van der Waals surface area contributed by atoms with Gasteiger partial charge in [-0.05, 0) is 45.1 Å². The number of nitrogens with one attached hydrogen (secondary N) is 1. The van der Waals surface area contributed by atoms with E-state index in [4.69, 9.17) is 10.5 Å². The van der Waals surface area contributed by atoms with Crippen LogP contribution in [0, 0.1) is 5.92 Å². The van der Waals surface area contributed by atoms with Crippen molar-refractivity contribution in [1.82, 2.24) is 10.3 Å². The molecule has 0 aliphatic heterocycles. The molecule has 0 saturated heterocycles. The minimum Gasteiger partial charge on any atom is -0.472 e. The third kappa shape index (κ3) is 6.81. The number of aliphatic imine (C=N–C) groups is 1. The highest BCUT2D eigenvalue weighted by molar-refractivity contribution is 14.0. The summed E-state index contributed by atoms with van der Waals surface area (Å²) in [4.78, 5) is 8.62. The SMILES string of the molecule is CC(C)(C)Oc1ccc(CN=C(N)NCC2CCC2)cn1.I. The first kappa shape index (κ1) is 19.0. The Balaban J connectivity index is 0.00000242. The van der Waals surface area contributed by atoms with Crippen molar-refractivity contribution in [2.75, 3.05) is 6.54 Å². The summed E-state index contributed by atoms with van der Waals surface area (Å²) >= 11 is 0. The van der Waals surface area contributed by atoms with E-state index in [1.165, 1.54) is 19.3 Å². The summed E-state index contributed by atoms with van der Waals surface area (Å²) in [6.45, 7) is 7.47.